The normalized spacial score (nSPS) is 11.1. The fourth-order valence-corrected chi connectivity index (χ4v) is 3.56. The second kappa shape index (κ2) is 6.68. The number of nitrogens with zero attached hydrogens (tertiary/aromatic N) is 1. The molecule has 0 fully saturated rings. The van der Waals surface area contributed by atoms with Crippen molar-refractivity contribution >= 4 is 33.0 Å². The van der Waals surface area contributed by atoms with Crippen molar-refractivity contribution < 1.29 is 17.9 Å². The van der Waals surface area contributed by atoms with Gasteiger partial charge in [0.1, 0.15) is 4.88 Å². The number of carbonyl (C=O) groups is 1. The SMILES string of the molecule is COC(=O)c1sccc1NS(=O)(=O)CCc1ccccn1. The van der Waals surface area contributed by atoms with Gasteiger partial charge in [0.25, 0.3) is 0 Å². The van der Waals surface area contributed by atoms with Gasteiger partial charge in [-0.15, -0.1) is 11.3 Å². The lowest BCUT2D eigenvalue weighted by Gasteiger charge is -2.08. The van der Waals surface area contributed by atoms with Gasteiger partial charge in [-0.2, -0.15) is 0 Å². The van der Waals surface area contributed by atoms with Crippen LogP contribution in [0.25, 0.3) is 0 Å². The smallest absolute Gasteiger partial charge is 0.350 e. The van der Waals surface area contributed by atoms with Gasteiger partial charge in [-0.05, 0) is 23.6 Å². The van der Waals surface area contributed by atoms with Gasteiger partial charge in [0.2, 0.25) is 10.0 Å². The summed E-state index contributed by atoms with van der Waals surface area (Å²) in [5.74, 6) is -0.673. The summed E-state index contributed by atoms with van der Waals surface area (Å²) in [5.41, 5.74) is 0.939. The maximum atomic E-state index is 12.0. The second-order valence-electron chi connectivity index (χ2n) is 4.15. The zero-order valence-electron chi connectivity index (χ0n) is 11.3. The number of hydrogen-bond donors (Lipinski definition) is 1. The lowest BCUT2D eigenvalue weighted by atomic mass is 10.3. The van der Waals surface area contributed by atoms with E-state index >= 15 is 0 Å². The molecule has 112 valence electrons. The summed E-state index contributed by atoms with van der Waals surface area (Å²) in [6.45, 7) is 0. The maximum Gasteiger partial charge on any atom is 0.350 e. The molecule has 21 heavy (non-hydrogen) atoms. The Morgan fingerprint density at radius 1 is 1.38 bits per heavy atom. The molecule has 2 aromatic rings. The molecule has 0 saturated carbocycles. The minimum atomic E-state index is -3.56. The number of nitrogens with one attached hydrogen (secondary N) is 1. The van der Waals surface area contributed by atoms with Gasteiger partial charge in [0.05, 0.1) is 18.6 Å². The number of methoxy groups -OCH3 is 1. The highest BCUT2D eigenvalue weighted by molar-refractivity contribution is 7.92. The average Bonchev–Trinajstić information content (AvgIpc) is 2.93. The Bertz CT molecular complexity index is 711. The number of aryl methyl sites for hydroxylation is 1. The maximum absolute atomic E-state index is 12.0. The second-order valence-corrected chi connectivity index (χ2v) is 6.90. The first-order chi connectivity index (χ1) is 10.0. The van der Waals surface area contributed by atoms with Gasteiger partial charge in [0.15, 0.2) is 0 Å². The molecule has 0 aliphatic heterocycles. The van der Waals surface area contributed by atoms with Crippen molar-refractivity contribution in [3.05, 3.63) is 46.4 Å². The Balaban J connectivity index is 2.05. The van der Waals surface area contributed by atoms with Crippen molar-refractivity contribution in [3.8, 4) is 0 Å². The molecule has 2 heterocycles. The molecule has 6 nitrogen and oxygen atoms in total. The van der Waals surface area contributed by atoms with Crippen LogP contribution >= 0.6 is 11.3 Å². The van der Waals surface area contributed by atoms with E-state index in [9.17, 15) is 13.2 Å². The minimum Gasteiger partial charge on any atom is -0.465 e. The highest BCUT2D eigenvalue weighted by atomic mass is 32.2. The third-order valence-corrected chi connectivity index (χ3v) is 4.82. The quantitative estimate of drug-likeness (QED) is 0.820. The molecule has 0 bridgehead atoms. The zero-order valence-corrected chi connectivity index (χ0v) is 12.9. The summed E-state index contributed by atoms with van der Waals surface area (Å²) < 4.78 is 31.1. The first kappa shape index (κ1) is 15.5. The van der Waals surface area contributed by atoms with Crippen molar-refractivity contribution in [2.24, 2.45) is 0 Å². The number of aromatic nitrogens is 1. The molecule has 0 saturated heterocycles. The van der Waals surface area contributed by atoms with E-state index in [2.05, 4.69) is 14.4 Å². The summed E-state index contributed by atoms with van der Waals surface area (Å²) in [5, 5.41) is 1.63. The predicted molar refractivity (Wildman–Crippen MR) is 81.0 cm³/mol. The molecule has 8 heteroatoms. The Kier molecular flexibility index (Phi) is 4.92. The van der Waals surface area contributed by atoms with Gasteiger partial charge >= 0.3 is 5.97 Å². The van der Waals surface area contributed by atoms with Crippen molar-refractivity contribution in [2.75, 3.05) is 17.6 Å². The molecule has 0 aliphatic rings. The van der Waals surface area contributed by atoms with Gasteiger partial charge in [-0.3, -0.25) is 9.71 Å². The fraction of sp³-hybridized carbons (Fsp3) is 0.231. The van der Waals surface area contributed by atoms with E-state index in [1.807, 2.05) is 0 Å². The Labute approximate surface area is 126 Å². The summed E-state index contributed by atoms with van der Waals surface area (Å²) in [6.07, 6.45) is 1.91. The molecule has 2 aromatic heterocycles. The Morgan fingerprint density at radius 3 is 2.86 bits per heavy atom. The molecule has 0 aromatic carbocycles. The van der Waals surface area contributed by atoms with Gasteiger partial charge in [-0.25, -0.2) is 13.2 Å². The number of anilines is 1. The number of hydrogen-bond acceptors (Lipinski definition) is 6. The standard InChI is InChI=1S/C13H14N2O4S2/c1-19-13(16)12-11(5-8-20-12)15-21(17,18)9-6-10-4-2-3-7-14-10/h2-5,7-8,15H,6,9H2,1H3. The summed E-state index contributed by atoms with van der Waals surface area (Å²) >= 11 is 1.12. The van der Waals surface area contributed by atoms with Crippen molar-refractivity contribution in [1.82, 2.24) is 4.98 Å². The molecule has 0 spiro atoms. The van der Waals surface area contributed by atoms with E-state index in [0.717, 1.165) is 11.3 Å². The van der Waals surface area contributed by atoms with Crippen molar-refractivity contribution in [1.29, 1.82) is 0 Å². The number of rotatable bonds is 6. The minimum absolute atomic E-state index is 0.111. The molecule has 1 N–H and O–H groups in total. The number of thiophene rings is 1. The van der Waals surface area contributed by atoms with E-state index in [-0.39, 0.29) is 16.3 Å². The van der Waals surface area contributed by atoms with Crippen LogP contribution in [0, 0.1) is 0 Å². The molecular formula is C13H14N2O4S2. The number of ether oxygens (including phenoxy) is 1. The molecule has 2 rings (SSSR count). The third kappa shape index (κ3) is 4.27. The van der Waals surface area contributed by atoms with Crippen LogP contribution in [0.1, 0.15) is 15.4 Å². The number of pyridine rings is 1. The Morgan fingerprint density at radius 2 is 2.19 bits per heavy atom. The summed E-state index contributed by atoms with van der Waals surface area (Å²) in [7, 11) is -2.31. The van der Waals surface area contributed by atoms with Crippen LogP contribution in [-0.2, 0) is 21.2 Å². The largest absolute Gasteiger partial charge is 0.465 e. The third-order valence-electron chi connectivity index (χ3n) is 2.65. The van der Waals surface area contributed by atoms with Gasteiger partial charge < -0.3 is 4.74 Å². The lowest BCUT2D eigenvalue weighted by Crippen LogP contribution is -2.19. The molecule has 0 amide bonds. The first-order valence-electron chi connectivity index (χ1n) is 6.08. The van der Waals surface area contributed by atoms with E-state index in [1.54, 1.807) is 29.8 Å². The summed E-state index contributed by atoms with van der Waals surface area (Å²) in [6, 6.07) is 6.87. The molecule has 0 aliphatic carbocycles. The van der Waals surface area contributed by atoms with Crippen LogP contribution in [0.4, 0.5) is 5.69 Å². The number of sulfonamides is 1. The molecule has 0 unspecified atom stereocenters. The molecule has 0 radical (unpaired) electrons. The lowest BCUT2D eigenvalue weighted by molar-refractivity contribution is 0.0607. The van der Waals surface area contributed by atoms with Gasteiger partial charge in [0, 0.05) is 18.3 Å². The van der Waals surface area contributed by atoms with Crippen LogP contribution in [0.2, 0.25) is 0 Å². The molecular weight excluding hydrogens is 312 g/mol. The van der Waals surface area contributed by atoms with Crippen molar-refractivity contribution in [2.45, 2.75) is 6.42 Å². The fourth-order valence-electron chi connectivity index (χ4n) is 1.64. The zero-order chi connectivity index (χ0) is 15.3. The highest BCUT2D eigenvalue weighted by Crippen LogP contribution is 2.24. The molecule has 0 atom stereocenters. The average molecular weight is 326 g/mol. The number of esters is 1. The van der Waals surface area contributed by atoms with Crippen LogP contribution in [0.5, 0.6) is 0 Å². The van der Waals surface area contributed by atoms with Gasteiger partial charge in [-0.1, -0.05) is 6.07 Å². The van der Waals surface area contributed by atoms with Crippen LogP contribution in [0.3, 0.4) is 0 Å². The highest BCUT2D eigenvalue weighted by Gasteiger charge is 2.18. The van der Waals surface area contributed by atoms with E-state index in [1.165, 1.54) is 13.2 Å². The monoisotopic (exact) mass is 326 g/mol. The van der Waals surface area contributed by atoms with E-state index in [4.69, 9.17) is 0 Å². The predicted octanol–water partition coefficient (Wildman–Crippen LogP) is 1.91. The van der Waals surface area contributed by atoms with E-state index < -0.39 is 16.0 Å². The first-order valence-corrected chi connectivity index (χ1v) is 8.61. The van der Waals surface area contributed by atoms with E-state index in [0.29, 0.717) is 12.1 Å². The van der Waals surface area contributed by atoms with Crippen LogP contribution < -0.4 is 4.72 Å². The number of carbonyl (C=O) groups excluding carboxylic acids is 1. The topological polar surface area (TPSA) is 85.4 Å². The summed E-state index contributed by atoms with van der Waals surface area (Å²) in [4.78, 5) is 15.8. The van der Waals surface area contributed by atoms with Crippen LogP contribution in [-0.4, -0.2) is 32.2 Å². The van der Waals surface area contributed by atoms with Crippen molar-refractivity contribution in [3.63, 3.8) is 0 Å². The van der Waals surface area contributed by atoms with Crippen LogP contribution in [0.15, 0.2) is 35.8 Å². The Hall–Kier alpha value is -1.93.